The van der Waals surface area contributed by atoms with Crippen LogP contribution in [0.25, 0.3) is 0 Å². The van der Waals surface area contributed by atoms with Gasteiger partial charge in [-0.25, -0.2) is 4.39 Å². The van der Waals surface area contributed by atoms with Crippen molar-refractivity contribution in [1.82, 2.24) is 0 Å². The molecular formula is C11H6Br2ClFS. The van der Waals surface area contributed by atoms with E-state index in [9.17, 15) is 4.39 Å². The first-order valence-electron chi connectivity index (χ1n) is 4.42. The Bertz CT molecular complexity index is 512. The highest BCUT2D eigenvalue weighted by atomic mass is 79.9. The van der Waals surface area contributed by atoms with Crippen molar-refractivity contribution < 1.29 is 4.39 Å². The van der Waals surface area contributed by atoms with Crippen LogP contribution < -0.4 is 0 Å². The van der Waals surface area contributed by atoms with Gasteiger partial charge in [0.15, 0.2) is 0 Å². The molecule has 16 heavy (non-hydrogen) atoms. The summed E-state index contributed by atoms with van der Waals surface area (Å²) in [5.41, 5.74) is 0.557. The fraction of sp³-hybridized carbons (Fsp3) is 0.0909. The molecule has 0 radical (unpaired) electrons. The number of hydrogen-bond donors (Lipinski definition) is 0. The van der Waals surface area contributed by atoms with Gasteiger partial charge in [0.05, 0.1) is 8.61 Å². The van der Waals surface area contributed by atoms with Crippen LogP contribution in [0.3, 0.4) is 0 Å². The number of benzene rings is 1. The van der Waals surface area contributed by atoms with Gasteiger partial charge in [-0.05, 0) is 46.3 Å². The van der Waals surface area contributed by atoms with Crippen LogP contribution >= 0.6 is 54.8 Å². The van der Waals surface area contributed by atoms with Gasteiger partial charge >= 0.3 is 0 Å². The predicted molar refractivity (Wildman–Crippen MR) is 74.2 cm³/mol. The summed E-state index contributed by atoms with van der Waals surface area (Å²) in [6.07, 6.45) is 0. The van der Waals surface area contributed by atoms with E-state index in [2.05, 4.69) is 31.9 Å². The Morgan fingerprint density at radius 2 is 2.00 bits per heavy atom. The Labute approximate surface area is 119 Å². The van der Waals surface area contributed by atoms with E-state index in [1.807, 2.05) is 12.1 Å². The Morgan fingerprint density at radius 1 is 1.25 bits per heavy atom. The highest BCUT2D eigenvalue weighted by Crippen LogP contribution is 2.38. The second-order valence-corrected chi connectivity index (χ2v) is 7.02. The fourth-order valence-corrected chi connectivity index (χ4v) is 3.71. The van der Waals surface area contributed by atoms with E-state index >= 15 is 0 Å². The molecule has 2 aromatic rings. The molecule has 0 nitrogen and oxygen atoms in total. The maximum atomic E-state index is 13.6. The van der Waals surface area contributed by atoms with Crippen LogP contribution in [0.15, 0.2) is 34.1 Å². The zero-order valence-corrected chi connectivity index (χ0v) is 12.6. The van der Waals surface area contributed by atoms with E-state index in [0.717, 1.165) is 8.66 Å². The first-order chi connectivity index (χ1) is 7.58. The Morgan fingerprint density at radius 3 is 2.62 bits per heavy atom. The van der Waals surface area contributed by atoms with Crippen molar-refractivity contribution in [3.63, 3.8) is 0 Å². The molecule has 1 aromatic heterocycles. The van der Waals surface area contributed by atoms with Crippen molar-refractivity contribution in [3.05, 3.63) is 55.4 Å². The minimum Gasteiger partial charge on any atom is -0.207 e. The normalized spacial score (nSPS) is 12.8. The number of halogens is 4. The molecule has 1 heterocycles. The zero-order chi connectivity index (χ0) is 11.7. The molecule has 1 atom stereocenters. The molecule has 0 fully saturated rings. The summed E-state index contributed by atoms with van der Waals surface area (Å²) in [4.78, 5) is 0.871. The molecule has 0 N–H and O–H groups in total. The minimum atomic E-state index is -0.254. The first kappa shape index (κ1) is 12.6. The third kappa shape index (κ3) is 2.67. The summed E-state index contributed by atoms with van der Waals surface area (Å²) >= 11 is 14.3. The number of alkyl halides is 1. The van der Waals surface area contributed by atoms with E-state index < -0.39 is 0 Å². The molecule has 0 aliphatic heterocycles. The van der Waals surface area contributed by atoms with Gasteiger partial charge in [-0.15, -0.1) is 11.3 Å². The third-order valence-electron chi connectivity index (χ3n) is 2.07. The van der Waals surface area contributed by atoms with Crippen molar-refractivity contribution >= 4 is 54.8 Å². The van der Waals surface area contributed by atoms with Crippen molar-refractivity contribution in [2.75, 3.05) is 0 Å². The van der Waals surface area contributed by atoms with Crippen molar-refractivity contribution in [2.24, 2.45) is 0 Å². The highest BCUT2D eigenvalue weighted by Gasteiger charge is 2.16. The zero-order valence-electron chi connectivity index (χ0n) is 7.88. The summed E-state index contributed by atoms with van der Waals surface area (Å²) < 4.78 is 14.6. The molecule has 0 aliphatic rings. The van der Waals surface area contributed by atoms with Gasteiger partial charge in [-0.2, -0.15) is 0 Å². The van der Waals surface area contributed by atoms with Gasteiger partial charge in [0.25, 0.3) is 0 Å². The first-order valence-corrected chi connectivity index (χ1v) is 7.32. The summed E-state index contributed by atoms with van der Waals surface area (Å²) in [5.74, 6) is -0.254. The Kier molecular flexibility index (Phi) is 4.06. The Balaban J connectivity index is 2.40. The van der Waals surface area contributed by atoms with Crippen LogP contribution in [-0.4, -0.2) is 0 Å². The van der Waals surface area contributed by atoms with Crippen LogP contribution in [-0.2, 0) is 0 Å². The summed E-state index contributed by atoms with van der Waals surface area (Å²) in [5, 5.41) is 0.538. The lowest BCUT2D eigenvalue weighted by Crippen LogP contribution is -1.94. The van der Waals surface area contributed by atoms with Gasteiger partial charge in [-0.3, -0.25) is 0 Å². The lowest BCUT2D eigenvalue weighted by atomic mass is 10.1. The maximum absolute atomic E-state index is 13.6. The summed E-state index contributed by atoms with van der Waals surface area (Å²) in [6.45, 7) is 0. The molecule has 0 amide bonds. The largest absolute Gasteiger partial charge is 0.207 e. The Hall–Kier alpha value is 0.1000. The van der Waals surface area contributed by atoms with E-state index in [1.54, 1.807) is 23.5 Å². The lowest BCUT2D eigenvalue weighted by Gasteiger charge is -2.09. The van der Waals surface area contributed by atoms with Gasteiger partial charge in [0, 0.05) is 15.5 Å². The average Bonchev–Trinajstić information content (AvgIpc) is 2.67. The van der Waals surface area contributed by atoms with Crippen LogP contribution in [0.2, 0.25) is 5.02 Å². The topological polar surface area (TPSA) is 0 Å². The molecule has 0 bridgehead atoms. The predicted octanol–water partition coefficient (Wildman–Crippen LogP) is 5.79. The van der Waals surface area contributed by atoms with E-state index in [4.69, 9.17) is 11.6 Å². The van der Waals surface area contributed by atoms with Crippen LogP contribution in [0.5, 0.6) is 0 Å². The van der Waals surface area contributed by atoms with Crippen molar-refractivity contribution in [2.45, 2.75) is 4.83 Å². The smallest absolute Gasteiger partial charge is 0.128 e. The van der Waals surface area contributed by atoms with E-state index in [1.165, 1.54) is 6.07 Å². The maximum Gasteiger partial charge on any atom is 0.128 e. The standard InChI is InChI=1S/C11H6Br2ClFS/c12-10-4-3-9(16-10)11(13)7-5-6(14)1-2-8(7)15/h1-5,11H. The molecule has 1 unspecified atom stereocenters. The van der Waals surface area contributed by atoms with E-state index in [0.29, 0.717) is 10.6 Å². The molecule has 1 aromatic carbocycles. The molecule has 5 heteroatoms. The van der Waals surface area contributed by atoms with Gasteiger partial charge in [-0.1, -0.05) is 27.5 Å². The minimum absolute atomic E-state index is 0.164. The van der Waals surface area contributed by atoms with Crippen LogP contribution in [0.4, 0.5) is 4.39 Å². The number of hydrogen-bond acceptors (Lipinski definition) is 1. The molecule has 2 rings (SSSR count). The third-order valence-corrected chi connectivity index (χ3v) is 5.29. The quantitative estimate of drug-likeness (QED) is 0.575. The highest BCUT2D eigenvalue weighted by molar-refractivity contribution is 9.11. The van der Waals surface area contributed by atoms with Crippen molar-refractivity contribution in [3.8, 4) is 0 Å². The van der Waals surface area contributed by atoms with E-state index in [-0.39, 0.29) is 10.6 Å². The molecular weight excluding hydrogens is 378 g/mol. The molecule has 0 spiro atoms. The van der Waals surface area contributed by atoms with Crippen LogP contribution in [0, 0.1) is 5.82 Å². The van der Waals surface area contributed by atoms with Crippen molar-refractivity contribution in [1.29, 1.82) is 0 Å². The monoisotopic (exact) mass is 382 g/mol. The molecule has 0 saturated carbocycles. The van der Waals surface area contributed by atoms with Crippen LogP contribution in [0.1, 0.15) is 15.3 Å². The SMILES string of the molecule is Fc1ccc(Cl)cc1C(Br)c1ccc(Br)s1. The second kappa shape index (κ2) is 5.17. The number of rotatable bonds is 2. The number of thiophene rings is 1. The molecule has 0 saturated heterocycles. The van der Waals surface area contributed by atoms with Gasteiger partial charge in [0.2, 0.25) is 0 Å². The fourth-order valence-electron chi connectivity index (χ4n) is 1.33. The summed E-state index contributed by atoms with van der Waals surface area (Å²) in [7, 11) is 0. The van der Waals surface area contributed by atoms with Gasteiger partial charge in [0.1, 0.15) is 5.82 Å². The molecule has 0 aliphatic carbocycles. The molecule has 84 valence electrons. The summed E-state index contributed by atoms with van der Waals surface area (Å²) in [6, 6.07) is 8.47. The second-order valence-electron chi connectivity index (χ2n) is 3.17. The van der Waals surface area contributed by atoms with Gasteiger partial charge < -0.3 is 0 Å². The average molecular weight is 384 g/mol. The lowest BCUT2D eigenvalue weighted by molar-refractivity contribution is 0.614.